The molecule has 2 rings (SSSR count). The van der Waals surface area contributed by atoms with Crippen LogP contribution in [0, 0.1) is 0 Å². The van der Waals surface area contributed by atoms with Crippen LogP contribution < -0.4 is 10.2 Å². The van der Waals surface area contributed by atoms with E-state index in [1.165, 1.54) is 0 Å². The summed E-state index contributed by atoms with van der Waals surface area (Å²) in [5.41, 5.74) is 1.57. The number of anilines is 1. The van der Waals surface area contributed by atoms with Crippen LogP contribution in [0.4, 0.5) is 5.69 Å². The third-order valence-electron chi connectivity index (χ3n) is 3.88. The van der Waals surface area contributed by atoms with Crippen molar-refractivity contribution in [3.63, 3.8) is 0 Å². The van der Waals surface area contributed by atoms with Gasteiger partial charge in [-0.25, -0.2) is 0 Å². The first-order valence-electron chi connectivity index (χ1n) is 8.02. The summed E-state index contributed by atoms with van der Waals surface area (Å²) in [7, 11) is 5.29. The van der Waals surface area contributed by atoms with E-state index in [9.17, 15) is 9.59 Å². The molecule has 0 bridgehead atoms. The van der Waals surface area contributed by atoms with Gasteiger partial charge in [0, 0.05) is 30.4 Å². The highest BCUT2D eigenvalue weighted by Gasteiger charge is 2.31. The maximum Gasteiger partial charge on any atom is 0.285 e. The van der Waals surface area contributed by atoms with Gasteiger partial charge < -0.3 is 15.1 Å². The summed E-state index contributed by atoms with van der Waals surface area (Å²) >= 11 is 5.85. The Labute approximate surface area is 153 Å². The first-order chi connectivity index (χ1) is 11.9. The van der Waals surface area contributed by atoms with Crippen molar-refractivity contribution in [2.75, 3.05) is 33.0 Å². The molecule has 0 radical (unpaired) electrons. The molecule has 5 nitrogen and oxygen atoms in total. The number of carbonyl (C=O) groups excluding carboxylic acids is 2. The monoisotopic (exact) mass is 360 g/mol. The fourth-order valence-electron chi connectivity index (χ4n) is 2.64. The zero-order chi connectivity index (χ0) is 18.4. The summed E-state index contributed by atoms with van der Waals surface area (Å²) in [6.07, 6.45) is 0. The van der Waals surface area contributed by atoms with E-state index in [2.05, 4.69) is 5.32 Å². The van der Waals surface area contributed by atoms with Crippen LogP contribution in [0.25, 0.3) is 0 Å². The Hall–Kier alpha value is -2.37. The maximum atomic E-state index is 12.6. The number of halogens is 1. The van der Waals surface area contributed by atoms with Crippen LogP contribution in [0.2, 0.25) is 5.02 Å². The molecule has 2 aromatic rings. The second-order valence-electron chi connectivity index (χ2n) is 6.15. The van der Waals surface area contributed by atoms with Crippen molar-refractivity contribution in [3.05, 3.63) is 65.2 Å². The highest BCUT2D eigenvalue weighted by Crippen LogP contribution is 2.13. The summed E-state index contributed by atoms with van der Waals surface area (Å²) in [5.74, 6) is -0.199. The van der Waals surface area contributed by atoms with Gasteiger partial charge in [-0.2, -0.15) is 0 Å². The van der Waals surface area contributed by atoms with Crippen LogP contribution in [0.1, 0.15) is 11.6 Å². The average Bonchev–Trinajstić information content (AvgIpc) is 2.58. The number of rotatable bonds is 6. The van der Waals surface area contributed by atoms with Crippen molar-refractivity contribution in [1.29, 1.82) is 0 Å². The van der Waals surface area contributed by atoms with E-state index in [1.54, 1.807) is 43.3 Å². The van der Waals surface area contributed by atoms with Gasteiger partial charge in [0.15, 0.2) is 12.6 Å². The van der Waals surface area contributed by atoms with Crippen LogP contribution in [0.5, 0.6) is 0 Å². The average molecular weight is 361 g/mol. The predicted octanol–water partition coefficient (Wildman–Crippen LogP) is 1.62. The van der Waals surface area contributed by atoms with E-state index >= 15 is 0 Å². The minimum Gasteiger partial charge on any atom is -0.343 e. The number of carbonyl (C=O) groups is 2. The maximum absolute atomic E-state index is 12.6. The van der Waals surface area contributed by atoms with Gasteiger partial charge in [-0.15, -0.1) is 0 Å². The zero-order valence-electron chi connectivity index (χ0n) is 14.6. The lowest BCUT2D eigenvalue weighted by Crippen LogP contribution is -3.11. The van der Waals surface area contributed by atoms with E-state index in [-0.39, 0.29) is 18.4 Å². The number of amides is 2. The van der Waals surface area contributed by atoms with Crippen LogP contribution in [0.15, 0.2) is 54.6 Å². The van der Waals surface area contributed by atoms with E-state index in [0.717, 1.165) is 10.5 Å². The van der Waals surface area contributed by atoms with Gasteiger partial charge in [-0.1, -0.05) is 41.9 Å². The lowest BCUT2D eigenvalue weighted by atomic mass is 10.0. The molecule has 0 aliphatic heterocycles. The van der Waals surface area contributed by atoms with Gasteiger partial charge in [0.05, 0.1) is 7.05 Å². The molecule has 2 atom stereocenters. The summed E-state index contributed by atoms with van der Waals surface area (Å²) in [6.45, 7) is 0.168. The predicted molar refractivity (Wildman–Crippen MR) is 99.7 cm³/mol. The highest BCUT2D eigenvalue weighted by molar-refractivity contribution is 6.30. The lowest BCUT2D eigenvalue weighted by Gasteiger charge is -2.26. The topological polar surface area (TPSA) is 53.9 Å². The summed E-state index contributed by atoms with van der Waals surface area (Å²) in [5, 5.41) is 3.44. The third kappa shape index (κ3) is 5.31. The largest absolute Gasteiger partial charge is 0.343 e. The number of hydrogen-bond donors (Lipinski definition) is 2. The SMILES string of the molecule is CN(C)C(=O)[C@@H](c1ccccc1)[NH+](C)CC(=O)Nc1ccc(Cl)cc1. The molecule has 2 aromatic carbocycles. The molecule has 1 unspecified atom stereocenters. The van der Waals surface area contributed by atoms with Gasteiger partial charge in [0.25, 0.3) is 11.8 Å². The molecule has 25 heavy (non-hydrogen) atoms. The Morgan fingerprint density at radius 2 is 1.68 bits per heavy atom. The molecular weight excluding hydrogens is 338 g/mol. The number of nitrogens with one attached hydrogen (secondary N) is 2. The van der Waals surface area contributed by atoms with E-state index < -0.39 is 6.04 Å². The number of nitrogens with zero attached hydrogens (tertiary/aromatic N) is 1. The molecule has 0 heterocycles. The fourth-order valence-corrected chi connectivity index (χ4v) is 2.76. The van der Waals surface area contributed by atoms with E-state index in [0.29, 0.717) is 10.7 Å². The zero-order valence-corrected chi connectivity index (χ0v) is 15.4. The quantitative estimate of drug-likeness (QED) is 0.822. The van der Waals surface area contributed by atoms with Crippen molar-refractivity contribution < 1.29 is 14.5 Å². The second kappa shape index (κ2) is 8.65. The van der Waals surface area contributed by atoms with E-state index in [4.69, 9.17) is 11.6 Å². The van der Waals surface area contributed by atoms with Crippen LogP contribution >= 0.6 is 11.6 Å². The number of quaternary nitrogens is 1. The highest BCUT2D eigenvalue weighted by atomic mass is 35.5. The number of likely N-dealkylation sites (N-methyl/N-ethyl adjacent to an activating group) is 2. The minimum absolute atomic E-state index is 0.0389. The molecule has 0 fully saturated rings. The Morgan fingerprint density at radius 3 is 2.24 bits per heavy atom. The van der Waals surface area contributed by atoms with Gasteiger partial charge in [-0.3, -0.25) is 9.59 Å². The molecule has 2 amide bonds. The Kier molecular flexibility index (Phi) is 6.56. The molecular formula is C19H23ClN3O2+. The molecule has 0 aliphatic rings. The van der Waals surface area contributed by atoms with Crippen molar-refractivity contribution in [3.8, 4) is 0 Å². The molecule has 0 aromatic heterocycles. The molecule has 0 aliphatic carbocycles. The molecule has 6 heteroatoms. The number of benzene rings is 2. The van der Waals surface area contributed by atoms with Gasteiger partial charge >= 0.3 is 0 Å². The molecule has 2 N–H and O–H groups in total. The molecule has 132 valence electrons. The van der Waals surface area contributed by atoms with Gasteiger partial charge in [0.2, 0.25) is 0 Å². The standard InChI is InChI=1S/C19H22ClN3O2/c1-22(2)19(25)18(14-7-5-4-6-8-14)23(3)13-17(24)21-16-11-9-15(20)10-12-16/h4-12,18H,13H2,1-3H3,(H,21,24)/p+1/t18-/m1/s1. The summed E-state index contributed by atoms with van der Waals surface area (Å²) < 4.78 is 0. The third-order valence-corrected chi connectivity index (χ3v) is 4.13. The van der Waals surface area contributed by atoms with Crippen LogP contribution in [-0.4, -0.2) is 44.4 Å². The normalized spacial score (nSPS) is 13.0. The Morgan fingerprint density at radius 1 is 1.08 bits per heavy atom. The van der Waals surface area contributed by atoms with Crippen molar-refractivity contribution in [2.45, 2.75) is 6.04 Å². The smallest absolute Gasteiger partial charge is 0.285 e. The van der Waals surface area contributed by atoms with Crippen LogP contribution in [-0.2, 0) is 9.59 Å². The van der Waals surface area contributed by atoms with Crippen molar-refractivity contribution >= 4 is 29.1 Å². The summed E-state index contributed by atoms with van der Waals surface area (Å²) in [6, 6.07) is 16.0. The van der Waals surface area contributed by atoms with Crippen molar-refractivity contribution in [2.24, 2.45) is 0 Å². The van der Waals surface area contributed by atoms with Crippen LogP contribution in [0.3, 0.4) is 0 Å². The van der Waals surface area contributed by atoms with Gasteiger partial charge in [-0.05, 0) is 24.3 Å². The Balaban J connectivity index is 2.10. The first-order valence-corrected chi connectivity index (χ1v) is 8.40. The van der Waals surface area contributed by atoms with Crippen molar-refractivity contribution in [1.82, 2.24) is 4.90 Å². The first kappa shape index (κ1) is 19.0. The second-order valence-corrected chi connectivity index (χ2v) is 6.59. The summed E-state index contributed by atoms with van der Waals surface area (Å²) in [4.78, 5) is 27.3. The van der Waals surface area contributed by atoms with E-state index in [1.807, 2.05) is 37.4 Å². The molecule has 0 saturated heterocycles. The molecule has 0 saturated carbocycles. The Bertz CT molecular complexity index is 717. The minimum atomic E-state index is -0.438. The fraction of sp³-hybridized carbons (Fsp3) is 0.263. The lowest BCUT2D eigenvalue weighted by molar-refractivity contribution is -0.894. The van der Waals surface area contributed by atoms with Gasteiger partial charge in [0.1, 0.15) is 0 Å². The number of hydrogen-bond acceptors (Lipinski definition) is 2. The molecule has 0 spiro atoms.